The van der Waals surface area contributed by atoms with E-state index in [2.05, 4.69) is 23.0 Å². The zero-order valence-electron chi connectivity index (χ0n) is 23.3. The van der Waals surface area contributed by atoms with Crippen molar-refractivity contribution in [3.05, 3.63) is 90.5 Å². The minimum absolute atomic E-state index is 0.0172. The summed E-state index contributed by atoms with van der Waals surface area (Å²) in [6, 6.07) is 3.68. The monoisotopic (exact) mass is 563 g/mol. The summed E-state index contributed by atoms with van der Waals surface area (Å²) < 4.78 is 29.6. The summed E-state index contributed by atoms with van der Waals surface area (Å²) in [7, 11) is 0. The van der Waals surface area contributed by atoms with Crippen LogP contribution < -0.4 is 17.2 Å². The van der Waals surface area contributed by atoms with Gasteiger partial charge in [0.15, 0.2) is 11.6 Å². The molecule has 0 atom stereocenters. The lowest BCUT2D eigenvalue weighted by molar-refractivity contribution is -0.138. The van der Waals surface area contributed by atoms with Gasteiger partial charge in [-0.2, -0.15) is 0 Å². The van der Waals surface area contributed by atoms with Gasteiger partial charge in [-0.15, -0.1) is 0 Å². The number of carbonyl (C=O) groups is 1. The summed E-state index contributed by atoms with van der Waals surface area (Å²) in [5.74, 6) is -0.788. The van der Waals surface area contributed by atoms with E-state index in [9.17, 15) is 13.6 Å². The molecular weight excluding hydrogens is 524 g/mol. The van der Waals surface area contributed by atoms with E-state index in [1.807, 2.05) is 21.6 Å². The number of benzene rings is 1. The summed E-state index contributed by atoms with van der Waals surface area (Å²) in [6.07, 6.45) is 13.1. The van der Waals surface area contributed by atoms with Crippen LogP contribution in [0.4, 0.5) is 14.6 Å². The van der Waals surface area contributed by atoms with Crippen LogP contribution in [0, 0.1) is 17.6 Å². The molecule has 8 nitrogen and oxygen atoms in total. The van der Waals surface area contributed by atoms with Gasteiger partial charge < -0.3 is 26.7 Å². The molecule has 1 amide bonds. The summed E-state index contributed by atoms with van der Waals surface area (Å²) >= 11 is 0. The Morgan fingerprint density at radius 1 is 1.10 bits per heavy atom. The Kier molecular flexibility index (Phi) is 9.78. The van der Waals surface area contributed by atoms with Crippen LogP contribution in [0.25, 0.3) is 17.5 Å². The normalized spacial score (nSPS) is 18.0. The van der Waals surface area contributed by atoms with Crippen molar-refractivity contribution in [3.63, 3.8) is 0 Å². The van der Waals surface area contributed by atoms with E-state index in [0.717, 1.165) is 43.6 Å². The summed E-state index contributed by atoms with van der Waals surface area (Å²) in [6.45, 7) is 10.9. The van der Waals surface area contributed by atoms with Gasteiger partial charge in [0.25, 0.3) is 0 Å². The first-order chi connectivity index (χ1) is 19.7. The second-order valence-corrected chi connectivity index (χ2v) is 10.6. The Bertz CT molecular complexity index is 1360. The quantitative estimate of drug-likeness (QED) is 0.390. The van der Waals surface area contributed by atoms with Crippen LogP contribution in [0.15, 0.2) is 73.1 Å². The van der Waals surface area contributed by atoms with Crippen molar-refractivity contribution in [2.75, 3.05) is 38.5 Å². The first-order valence-electron chi connectivity index (χ1n) is 13.9. The lowest BCUT2D eigenvalue weighted by Crippen LogP contribution is -2.46. The number of hydrogen-bond donors (Lipinski definition) is 3. The third-order valence-corrected chi connectivity index (χ3v) is 7.71. The van der Waals surface area contributed by atoms with Gasteiger partial charge in [-0.3, -0.25) is 9.69 Å². The predicted molar refractivity (Wildman–Crippen MR) is 160 cm³/mol. The number of nitrogens with zero attached hydrogens (tertiary/aromatic N) is 4. The fourth-order valence-electron chi connectivity index (χ4n) is 5.66. The highest BCUT2D eigenvalue weighted by molar-refractivity contribution is 5.79. The molecule has 4 rings (SSSR count). The molecule has 0 spiro atoms. The second kappa shape index (κ2) is 13.5. The van der Waals surface area contributed by atoms with E-state index in [1.165, 1.54) is 12.3 Å². The number of halogens is 2. The van der Waals surface area contributed by atoms with E-state index < -0.39 is 11.6 Å². The van der Waals surface area contributed by atoms with E-state index in [4.69, 9.17) is 17.2 Å². The molecule has 3 heterocycles. The summed E-state index contributed by atoms with van der Waals surface area (Å²) in [4.78, 5) is 22.3. The fraction of sp³-hybridized carbons (Fsp3) is 0.355. The number of carbonyl (C=O) groups excluding carboxylic acids is 1. The molecule has 0 bridgehead atoms. The number of amides is 1. The van der Waals surface area contributed by atoms with E-state index >= 15 is 0 Å². The Morgan fingerprint density at radius 2 is 1.80 bits per heavy atom. The van der Waals surface area contributed by atoms with Crippen LogP contribution in [-0.4, -0.2) is 58.0 Å². The number of aromatic nitrogens is 2. The Hall–Kier alpha value is -4.18. The second-order valence-electron chi connectivity index (χ2n) is 10.6. The topological polar surface area (TPSA) is 119 Å². The Labute approximate surface area is 240 Å². The maximum atomic E-state index is 14.1. The Morgan fingerprint density at radius 3 is 2.41 bits per heavy atom. The van der Waals surface area contributed by atoms with Crippen molar-refractivity contribution in [1.29, 1.82) is 0 Å². The predicted octanol–water partition coefficient (Wildman–Crippen LogP) is 4.36. The molecule has 218 valence electrons. The van der Waals surface area contributed by atoms with Crippen molar-refractivity contribution in [2.24, 2.45) is 17.4 Å². The Balaban J connectivity index is 1.41. The van der Waals surface area contributed by atoms with Crippen molar-refractivity contribution in [2.45, 2.75) is 31.7 Å². The standard InChI is InChI=1S/C31H39F2N7O/c1-3-4-5-28-29(36)40(30(37-28)24-6-7-26(32)27(33)19-24)25-11-16-39(17-12-25)31(41)23-9-14-38(15-10-23)20-22(8-13-34)18-21(2)35/h3-8,13,18-19,23,25H,1-2,9-12,14-17,20,34-36H2/b5-4-,13-8-,22-18+. The maximum absolute atomic E-state index is 14.1. The fourth-order valence-corrected chi connectivity index (χ4v) is 5.66. The number of nitrogens with two attached hydrogens (primary N) is 3. The smallest absolute Gasteiger partial charge is 0.225 e. The van der Waals surface area contributed by atoms with Crippen LogP contribution >= 0.6 is 0 Å². The number of anilines is 1. The molecular formula is C31H39F2N7O. The molecule has 2 aliphatic rings. The molecule has 2 aromatic rings. The third kappa shape index (κ3) is 7.13. The van der Waals surface area contributed by atoms with Crippen molar-refractivity contribution in [3.8, 4) is 11.4 Å². The number of likely N-dealkylation sites (tertiary alicyclic amines) is 2. The highest BCUT2D eigenvalue weighted by Gasteiger charge is 2.33. The molecule has 2 saturated heterocycles. The molecule has 2 fully saturated rings. The first kappa shape index (κ1) is 29.8. The van der Waals surface area contributed by atoms with Crippen LogP contribution in [0.2, 0.25) is 0 Å². The molecule has 0 saturated carbocycles. The highest BCUT2D eigenvalue weighted by Crippen LogP contribution is 2.35. The van der Waals surface area contributed by atoms with Gasteiger partial charge in [0.1, 0.15) is 17.3 Å². The zero-order valence-corrected chi connectivity index (χ0v) is 23.3. The largest absolute Gasteiger partial charge is 0.405 e. The molecule has 10 heteroatoms. The molecule has 0 unspecified atom stereocenters. The number of piperidine rings is 2. The van der Waals surface area contributed by atoms with Gasteiger partial charge in [-0.25, -0.2) is 13.8 Å². The molecule has 2 aliphatic heterocycles. The van der Waals surface area contributed by atoms with Gasteiger partial charge >= 0.3 is 0 Å². The van der Waals surface area contributed by atoms with E-state index in [0.29, 0.717) is 61.1 Å². The number of hydrogen-bond acceptors (Lipinski definition) is 6. The molecule has 0 radical (unpaired) electrons. The van der Waals surface area contributed by atoms with Crippen LogP contribution in [0.1, 0.15) is 37.4 Å². The molecule has 1 aromatic carbocycles. The average Bonchev–Trinajstić information content (AvgIpc) is 3.29. The van der Waals surface area contributed by atoms with Gasteiger partial charge in [0.2, 0.25) is 5.91 Å². The van der Waals surface area contributed by atoms with Gasteiger partial charge in [-0.1, -0.05) is 25.3 Å². The van der Waals surface area contributed by atoms with Crippen LogP contribution in [-0.2, 0) is 4.79 Å². The molecule has 1 aromatic heterocycles. The molecule has 0 aliphatic carbocycles. The lowest BCUT2D eigenvalue weighted by Gasteiger charge is -2.38. The van der Waals surface area contributed by atoms with Crippen molar-refractivity contribution < 1.29 is 13.6 Å². The number of allylic oxidation sites excluding steroid dienone is 3. The minimum Gasteiger partial charge on any atom is -0.405 e. The number of imidazole rings is 1. The van der Waals surface area contributed by atoms with Gasteiger partial charge in [0.05, 0.1) is 0 Å². The maximum Gasteiger partial charge on any atom is 0.225 e. The highest BCUT2D eigenvalue weighted by atomic mass is 19.2. The summed E-state index contributed by atoms with van der Waals surface area (Å²) in [5.41, 5.74) is 20.3. The first-order valence-corrected chi connectivity index (χ1v) is 13.9. The van der Waals surface area contributed by atoms with Crippen molar-refractivity contribution >= 4 is 17.8 Å². The van der Waals surface area contributed by atoms with Gasteiger partial charge in [-0.05, 0) is 87.0 Å². The number of nitrogen functional groups attached to an aromatic ring is 1. The SMILES string of the molecule is C=C/C=C\c1nc(-c2ccc(F)c(F)c2)n(C2CCN(C(=O)C3CCN(CC(/C=C\N)=C/C(=C)N)CC3)CC2)c1N. The lowest BCUT2D eigenvalue weighted by atomic mass is 9.93. The third-order valence-electron chi connectivity index (χ3n) is 7.71. The summed E-state index contributed by atoms with van der Waals surface area (Å²) in [5, 5.41) is 0. The van der Waals surface area contributed by atoms with E-state index in [1.54, 1.807) is 18.2 Å². The van der Waals surface area contributed by atoms with Crippen molar-refractivity contribution in [1.82, 2.24) is 19.4 Å². The van der Waals surface area contributed by atoms with Crippen LogP contribution in [0.3, 0.4) is 0 Å². The molecule has 6 N–H and O–H groups in total. The molecule has 41 heavy (non-hydrogen) atoms. The van der Waals surface area contributed by atoms with E-state index in [-0.39, 0.29) is 17.9 Å². The zero-order chi connectivity index (χ0) is 29.5. The van der Waals surface area contributed by atoms with Gasteiger partial charge in [0, 0.05) is 42.9 Å². The average molecular weight is 564 g/mol. The van der Waals surface area contributed by atoms with Crippen LogP contribution in [0.5, 0.6) is 0 Å². The minimum atomic E-state index is -0.946. The number of rotatable bonds is 9.